The van der Waals surface area contributed by atoms with Gasteiger partial charge in [-0.2, -0.15) is 4.98 Å². The van der Waals surface area contributed by atoms with Crippen molar-refractivity contribution in [3.8, 4) is 0 Å². The van der Waals surface area contributed by atoms with Gasteiger partial charge in [-0.3, -0.25) is 0 Å². The third-order valence-electron chi connectivity index (χ3n) is 2.42. The largest absolute Gasteiger partial charge is 0.354 e. The van der Waals surface area contributed by atoms with Gasteiger partial charge in [0, 0.05) is 25.4 Å². The number of hydrogen-bond acceptors (Lipinski definition) is 3. The molecular formula is C12H10BrClFN3. The zero-order valence-corrected chi connectivity index (χ0v) is 11.9. The van der Waals surface area contributed by atoms with Crippen LogP contribution in [-0.4, -0.2) is 17.0 Å². The predicted octanol–water partition coefficient (Wildman–Crippen LogP) is 3.67. The van der Waals surface area contributed by atoms with Crippen molar-refractivity contribution in [3.05, 3.63) is 51.6 Å². The van der Waals surface area contributed by atoms with Gasteiger partial charge >= 0.3 is 0 Å². The Balaban J connectivity index is 2.25. The summed E-state index contributed by atoms with van der Waals surface area (Å²) in [6.07, 6.45) is 1.57. The average molecular weight is 331 g/mol. The van der Waals surface area contributed by atoms with Crippen LogP contribution in [0.4, 0.5) is 10.2 Å². The predicted molar refractivity (Wildman–Crippen MR) is 73.2 cm³/mol. The SMILES string of the molecule is CN(Cc1ccccc1F)c1nc(Cl)ncc1Br. The molecule has 18 heavy (non-hydrogen) atoms. The average Bonchev–Trinajstić information content (AvgIpc) is 2.35. The van der Waals surface area contributed by atoms with Crippen LogP contribution in [0.5, 0.6) is 0 Å². The van der Waals surface area contributed by atoms with E-state index < -0.39 is 0 Å². The lowest BCUT2D eigenvalue weighted by atomic mass is 10.2. The van der Waals surface area contributed by atoms with Gasteiger partial charge in [0.15, 0.2) is 0 Å². The molecule has 0 spiro atoms. The third kappa shape index (κ3) is 2.97. The molecule has 0 N–H and O–H groups in total. The molecule has 1 aromatic carbocycles. The Labute approximate surface area is 118 Å². The summed E-state index contributed by atoms with van der Waals surface area (Å²) in [5.41, 5.74) is 0.599. The van der Waals surface area contributed by atoms with Crippen molar-refractivity contribution >= 4 is 33.3 Å². The number of benzene rings is 1. The summed E-state index contributed by atoms with van der Waals surface area (Å²) < 4.78 is 14.3. The molecule has 0 aliphatic rings. The fourth-order valence-electron chi connectivity index (χ4n) is 1.56. The first-order valence-electron chi connectivity index (χ1n) is 5.20. The highest BCUT2D eigenvalue weighted by molar-refractivity contribution is 9.10. The molecule has 6 heteroatoms. The Morgan fingerprint density at radius 3 is 2.83 bits per heavy atom. The van der Waals surface area contributed by atoms with Crippen LogP contribution < -0.4 is 4.90 Å². The van der Waals surface area contributed by atoms with E-state index in [9.17, 15) is 4.39 Å². The molecule has 0 aliphatic heterocycles. The monoisotopic (exact) mass is 329 g/mol. The Morgan fingerprint density at radius 2 is 2.11 bits per heavy atom. The Hall–Kier alpha value is -1.20. The minimum absolute atomic E-state index is 0.161. The second-order valence-electron chi connectivity index (χ2n) is 3.76. The molecule has 2 aromatic rings. The second kappa shape index (κ2) is 5.63. The number of anilines is 1. The zero-order valence-electron chi connectivity index (χ0n) is 9.57. The van der Waals surface area contributed by atoms with E-state index in [2.05, 4.69) is 25.9 Å². The van der Waals surface area contributed by atoms with E-state index in [0.717, 1.165) is 0 Å². The van der Waals surface area contributed by atoms with Crippen LogP contribution in [0.1, 0.15) is 5.56 Å². The van der Waals surface area contributed by atoms with E-state index in [1.165, 1.54) is 6.07 Å². The van der Waals surface area contributed by atoms with Gasteiger partial charge in [0.25, 0.3) is 0 Å². The molecule has 0 aliphatic carbocycles. The molecule has 0 amide bonds. The molecule has 2 rings (SSSR count). The van der Waals surface area contributed by atoms with Crippen molar-refractivity contribution in [2.24, 2.45) is 0 Å². The molecule has 1 heterocycles. The van der Waals surface area contributed by atoms with Crippen LogP contribution in [0, 0.1) is 5.82 Å². The molecule has 0 radical (unpaired) electrons. The van der Waals surface area contributed by atoms with Gasteiger partial charge in [-0.1, -0.05) is 18.2 Å². The standard InChI is InChI=1S/C12H10BrClFN3/c1-18(7-8-4-2-3-5-10(8)15)11-9(13)6-16-12(14)17-11/h2-6H,7H2,1H3. The third-order valence-corrected chi connectivity index (χ3v) is 3.16. The van der Waals surface area contributed by atoms with Gasteiger partial charge in [0.2, 0.25) is 5.28 Å². The first-order valence-corrected chi connectivity index (χ1v) is 6.37. The summed E-state index contributed by atoms with van der Waals surface area (Å²) in [6.45, 7) is 0.401. The maximum Gasteiger partial charge on any atom is 0.224 e. The summed E-state index contributed by atoms with van der Waals surface area (Å²) in [7, 11) is 1.82. The van der Waals surface area contributed by atoms with E-state index >= 15 is 0 Å². The van der Waals surface area contributed by atoms with Crippen LogP contribution in [0.3, 0.4) is 0 Å². The van der Waals surface area contributed by atoms with E-state index in [1.807, 2.05) is 7.05 Å². The first-order chi connectivity index (χ1) is 8.58. The van der Waals surface area contributed by atoms with Crippen LogP contribution in [0.25, 0.3) is 0 Å². The summed E-state index contributed by atoms with van der Waals surface area (Å²) >= 11 is 9.10. The number of hydrogen-bond donors (Lipinski definition) is 0. The van der Waals surface area contributed by atoms with Crippen molar-refractivity contribution < 1.29 is 4.39 Å². The fraction of sp³-hybridized carbons (Fsp3) is 0.167. The smallest absolute Gasteiger partial charge is 0.224 e. The van der Waals surface area contributed by atoms with Crippen molar-refractivity contribution in [1.29, 1.82) is 0 Å². The molecule has 0 atom stereocenters. The minimum atomic E-state index is -0.236. The van der Waals surface area contributed by atoms with E-state index in [0.29, 0.717) is 22.4 Å². The van der Waals surface area contributed by atoms with Crippen molar-refractivity contribution in [2.45, 2.75) is 6.54 Å². The summed E-state index contributed by atoms with van der Waals surface area (Å²) in [5.74, 6) is 0.388. The van der Waals surface area contributed by atoms with E-state index in [1.54, 1.807) is 29.3 Å². The quantitative estimate of drug-likeness (QED) is 0.804. The van der Waals surface area contributed by atoms with Gasteiger partial charge in [0.1, 0.15) is 11.6 Å². The lowest BCUT2D eigenvalue weighted by Gasteiger charge is -2.19. The van der Waals surface area contributed by atoms with E-state index in [-0.39, 0.29) is 11.1 Å². The van der Waals surface area contributed by atoms with Crippen LogP contribution in [0.2, 0.25) is 5.28 Å². The molecule has 3 nitrogen and oxygen atoms in total. The zero-order chi connectivity index (χ0) is 13.1. The summed E-state index contributed by atoms with van der Waals surface area (Å²) in [4.78, 5) is 9.76. The molecule has 0 saturated carbocycles. The highest BCUT2D eigenvalue weighted by Gasteiger charge is 2.11. The summed E-state index contributed by atoms with van der Waals surface area (Å²) in [5, 5.41) is 0.161. The Kier molecular flexibility index (Phi) is 4.14. The van der Waals surface area contributed by atoms with Crippen molar-refractivity contribution in [2.75, 3.05) is 11.9 Å². The topological polar surface area (TPSA) is 29.0 Å². The number of aromatic nitrogens is 2. The van der Waals surface area contributed by atoms with Gasteiger partial charge in [0.05, 0.1) is 4.47 Å². The van der Waals surface area contributed by atoms with Gasteiger partial charge in [-0.15, -0.1) is 0 Å². The molecule has 1 aromatic heterocycles. The fourth-order valence-corrected chi connectivity index (χ4v) is 2.18. The maximum absolute atomic E-state index is 13.5. The number of rotatable bonds is 3. The highest BCUT2D eigenvalue weighted by atomic mass is 79.9. The lowest BCUT2D eigenvalue weighted by molar-refractivity contribution is 0.607. The molecule has 0 saturated heterocycles. The van der Waals surface area contributed by atoms with Gasteiger partial charge in [-0.05, 0) is 33.6 Å². The summed E-state index contributed by atoms with van der Waals surface area (Å²) in [6, 6.07) is 6.64. The molecular weight excluding hydrogens is 321 g/mol. The molecule has 0 unspecified atom stereocenters. The van der Waals surface area contributed by atoms with Crippen molar-refractivity contribution in [3.63, 3.8) is 0 Å². The van der Waals surface area contributed by atoms with Gasteiger partial charge in [-0.25, -0.2) is 9.37 Å². The van der Waals surface area contributed by atoms with Crippen molar-refractivity contribution in [1.82, 2.24) is 9.97 Å². The number of nitrogens with zero attached hydrogens (tertiary/aromatic N) is 3. The molecule has 94 valence electrons. The minimum Gasteiger partial charge on any atom is -0.354 e. The number of halogens is 3. The Bertz CT molecular complexity index is 565. The van der Waals surface area contributed by atoms with E-state index in [4.69, 9.17) is 11.6 Å². The highest BCUT2D eigenvalue weighted by Crippen LogP contribution is 2.24. The normalized spacial score (nSPS) is 10.4. The first kappa shape index (κ1) is 13.2. The molecule has 0 bridgehead atoms. The van der Waals surface area contributed by atoms with Gasteiger partial charge < -0.3 is 4.90 Å². The Morgan fingerprint density at radius 1 is 1.39 bits per heavy atom. The second-order valence-corrected chi connectivity index (χ2v) is 4.95. The van der Waals surface area contributed by atoms with Crippen LogP contribution in [-0.2, 0) is 6.54 Å². The van der Waals surface area contributed by atoms with Crippen LogP contribution in [0.15, 0.2) is 34.9 Å². The van der Waals surface area contributed by atoms with Crippen LogP contribution >= 0.6 is 27.5 Å². The maximum atomic E-state index is 13.5. The molecule has 0 fully saturated rings. The lowest BCUT2D eigenvalue weighted by Crippen LogP contribution is -2.19.